The molecule has 0 N–H and O–H groups in total. The first-order valence-electron chi connectivity index (χ1n) is 9.37. The van der Waals surface area contributed by atoms with Gasteiger partial charge >= 0.3 is 0 Å². The lowest BCUT2D eigenvalue weighted by molar-refractivity contribution is -0.133. The van der Waals surface area contributed by atoms with Crippen LogP contribution in [-0.4, -0.2) is 49.0 Å². The minimum atomic E-state index is 0.225. The Hall–Kier alpha value is -1.55. The van der Waals surface area contributed by atoms with E-state index in [-0.39, 0.29) is 6.04 Å². The Morgan fingerprint density at radius 3 is 2.71 bits per heavy atom. The van der Waals surface area contributed by atoms with E-state index >= 15 is 0 Å². The van der Waals surface area contributed by atoms with Gasteiger partial charge in [0.25, 0.3) is 0 Å². The predicted octanol–water partition coefficient (Wildman–Crippen LogP) is 3.48. The van der Waals surface area contributed by atoms with Crippen molar-refractivity contribution < 1.29 is 9.53 Å². The lowest BCUT2D eigenvalue weighted by Gasteiger charge is -2.32. The molecule has 0 aliphatic carbocycles. The molecule has 132 valence electrons. The number of carbonyl (C=O) groups is 1. The van der Waals surface area contributed by atoms with E-state index in [0.717, 1.165) is 64.0 Å². The molecule has 0 radical (unpaired) electrons. The predicted molar refractivity (Wildman–Crippen MR) is 96.1 cm³/mol. The van der Waals surface area contributed by atoms with Crippen LogP contribution in [0.1, 0.15) is 50.6 Å². The number of carbonyl (C=O) groups excluding carboxylic acids is 1. The van der Waals surface area contributed by atoms with Crippen LogP contribution in [0, 0.1) is 5.92 Å². The maximum Gasteiger partial charge on any atom is 0.223 e. The van der Waals surface area contributed by atoms with Gasteiger partial charge in [-0.3, -0.25) is 4.79 Å². The van der Waals surface area contributed by atoms with Crippen LogP contribution in [0.5, 0.6) is 5.75 Å². The van der Waals surface area contributed by atoms with Gasteiger partial charge in [-0.05, 0) is 68.9 Å². The molecule has 1 amide bonds. The molecule has 4 heteroatoms. The van der Waals surface area contributed by atoms with Crippen molar-refractivity contribution in [2.45, 2.75) is 45.1 Å². The number of amides is 1. The standard InChI is InChI=1S/C20H30N2O2/c1-3-21-12-9-16(10-13-21)14-20(23)22-11-5-8-19(22)17-6-4-7-18(15-17)24-2/h4,6-7,15-16,19H,3,5,8-14H2,1-2H3. The lowest BCUT2D eigenvalue weighted by atomic mass is 9.92. The minimum Gasteiger partial charge on any atom is -0.497 e. The first-order valence-corrected chi connectivity index (χ1v) is 9.37. The third-order valence-corrected chi connectivity index (χ3v) is 5.67. The fourth-order valence-electron chi connectivity index (χ4n) is 4.13. The van der Waals surface area contributed by atoms with Gasteiger partial charge in [0.2, 0.25) is 5.91 Å². The molecule has 1 aromatic carbocycles. The quantitative estimate of drug-likeness (QED) is 0.828. The van der Waals surface area contributed by atoms with Gasteiger partial charge in [-0.15, -0.1) is 0 Å². The Labute approximate surface area is 145 Å². The van der Waals surface area contributed by atoms with Crippen molar-refractivity contribution >= 4 is 5.91 Å². The molecule has 2 aliphatic heterocycles. The number of nitrogens with zero attached hydrogens (tertiary/aromatic N) is 2. The number of benzene rings is 1. The van der Waals surface area contributed by atoms with E-state index in [0.29, 0.717) is 11.8 Å². The summed E-state index contributed by atoms with van der Waals surface area (Å²) in [4.78, 5) is 17.5. The molecular weight excluding hydrogens is 300 g/mol. The van der Waals surface area contributed by atoms with Gasteiger partial charge in [0.1, 0.15) is 5.75 Å². The van der Waals surface area contributed by atoms with Gasteiger partial charge in [-0.1, -0.05) is 19.1 Å². The summed E-state index contributed by atoms with van der Waals surface area (Å²) in [6.07, 6.45) is 5.21. The molecule has 0 aromatic heterocycles. The summed E-state index contributed by atoms with van der Waals surface area (Å²) in [7, 11) is 1.69. The van der Waals surface area contributed by atoms with Gasteiger partial charge in [0.15, 0.2) is 0 Å². The highest BCUT2D eigenvalue weighted by molar-refractivity contribution is 5.77. The third kappa shape index (κ3) is 3.92. The molecule has 1 unspecified atom stereocenters. The van der Waals surface area contributed by atoms with Crippen molar-refractivity contribution in [2.24, 2.45) is 5.92 Å². The Bertz CT molecular complexity index is 552. The first kappa shape index (κ1) is 17.3. The van der Waals surface area contributed by atoms with Crippen molar-refractivity contribution in [1.29, 1.82) is 0 Å². The van der Waals surface area contributed by atoms with Crippen LogP contribution in [-0.2, 0) is 4.79 Å². The van der Waals surface area contributed by atoms with E-state index < -0.39 is 0 Å². The smallest absolute Gasteiger partial charge is 0.223 e. The van der Waals surface area contributed by atoms with E-state index in [1.54, 1.807) is 7.11 Å². The molecule has 2 aliphatic rings. The fraction of sp³-hybridized carbons (Fsp3) is 0.650. The summed E-state index contributed by atoms with van der Waals surface area (Å²) in [5.74, 6) is 1.78. The van der Waals surface area contributed by atoms with Crippen molar-refractivity contribution in [2.75, 3.05) is 33.3 Å². The molecule has 2 saturated heterocycles. The first-order chi connectivity index (χ1) is 11.7. The van der Waals surface area contributed by atoms with Gasteiger partial charge in [-0.25, -0.2) is 0 Å². The molecule has 2 heterocycles. The normalized spacial score (nSPS) is 22.8. The summed E-state index contributed by atoms with van der Waals surface area (Å²) < 4.78 is 5.34. The SMILES string of the molecule is CCN1CCC(CC(=O)N2CCCC2c2cccc(OC)c2)CC1. The number of rotatable bonds is 5. The van der Waals surface area contributed by atoms with Gasteiger partial charge in [-0.2, -0.15) is 0 Å². The highest BCUT2D eigenvalue weighted by Gasteiger charge is 2.31. The Morgan fingerprint density at radius 1 is 1.21 bits per heavy atom. The number of methoxy groups -OCH3 is 1. The average Bonchev–Trinajstić information content (AvgIpc) is 3.12. The van der Waals surface area contributed by atoms with Crippen LogP contribution in [0.2, 0.25) is 0 Å². The van der Waals surface area contributed by atoms with E-state index in [1.807, 2.05) is 12.1 Å². The van der Waals surface area contributed by atoms with Crippen LogP contribution in [0.3, 0.4) is 0 Å². The molecule has 0 bridgehead atoms. The minimum absolute atomic E-state index is 0.225. The van der Waals surface area contributed by atoms with Crippen LogP contribution < -0.4 is 4.74 Å². The molecule has 24 heavy (non-hydrogen) atoms. The maximum absolute atomic E-state index is 12.9. The second kappa shape index (κ2) is 8.02. The third-order valence-electron chi connectivity index (χ3n) is 5.67. The molecule has 1 atom stereocenters. The van der Waals surface area contributed by atoms with Crippen LogP contribution in [0.25, 0.3) is 0 Å². The topological polar surface area (TPSA) is 32.8 Å². The van der Waals surface area contributed by atoms with Gasteiger partial charge in [0.05, 0.1) is 13.2 Å². The average molecular weight is 330 g/mol. The van der Waals surface area contributed by atoms with Crippen molar-refractivity contribution in [3.63, 3.8) is 0 Å². The molecule has 2 fully saturated rings. The van der Waals surface area contributed by atoms with Crippen molar-refractivity contribution in [3.8, 4) is 5.75 Å². The van der Waals surface area contributed by atoms with E-state index in [4.69, 9.17) is 4.74 Å². The monoisotopic (exact) mass is 330 g/mol. The van der Waals surface area contributed by atoms with E-state index in [2.05, 4.69) is 28.9 Å². The van der Waals surface area contributed by atoms with Crippen LogP contribution >= 0.6 is 0 Å². The Balaban J connectivity index is 1.61. The zero-order chi connectivity index (χ0) is 16.9. The molecule has 4 nitrogen and oxygen atoms in total. The van der Waals surface area contributed by atoms with Crippen LogP contribution in [0.4, 0.5) is 0 Å². The van der Waals surface area contributed by atoms with Crippen LogP contribution in [0.15, 0.2) is 24.3 Å². The lowest BCUT2D eigenvalue weighted by Crippen LogP contribution is -2.37. The van der Waals surface area contributed by atoms with Crippen molar-refractivity contribution in [1.82, 2.24) is 9.80 Å². The molecular formula is C20H30N2O2. The molecule has 1 aromatic rings. The molecule has 3 rings (SSSR count). The van der Waals surface area contributed by atoms with Gasteiger partial charge < -0.3 is 14.5 Å². The second-order valence-corrected chi connectivity index (χ2v) is 7.10. The highest BCUT2D eigenvalue weighted by Crippen LogP contribution is 2.35. The summed E-state index contributed by atoms with van der Waals surface area (Å²) >= 11 is 0. The number of likely N-dealkylation sites (tertiary alicyclic amines) is 2. The Morgan fingerprint density at radius 2 is 2.00 bits per heavy atom. The zero-order valence-electron chi connectivity index (χ0n) is 15.0. The van der Waals surface area contributed by atoms with Crippen molar-refractivity contribution in [3.05, 3.63) is 29.8 Å². The summed E-state index contributed by atoms with van der Waals surface area (Å²) in [5, 5.41) is 0. The summed E-state index contributed by atoms with van der Waals surface area (Å²) in [5.41, 5.74) is 1.21. The molecule has 0 saturated carbocycles. The number of hydrogen-bond acceptors (Lipinski definition) is 3. The number of piperidine rings is 1. The summed E-state index contributed by atoms with van der Waals surface area (Å²) in [6, 6.07) is 8.42. The second-order valence-electron chi connectivity index (χ2n) is 7.10. The largest absolute Gasteiger partial charge is 0.497 e. The number of ether oxygens (including phenoxy) is 1. The van der Waals surface area contributed by atoms with Gasteiger partial charge in [0, 0.05) is 13.0 Å². The number of hydrogen-bond donors (Lipinski definition) is 0. The van der Waals surface area contributed by atoms with E-state index in [9.17, 15) is 4.79 Å². The maximum atomic E-state index is 12.9. The van der Waals surface area contributed by atoms with E-state index in [1.165, 1.54) is 5.56 Å². The summed E-state index contributed by atoms with van der Waals surface area (Å²) in [6.45, 7) is 6.54. The molecule has 0 spiro atoms. The highest BCUT2D eigenvalue weighted by atomic mass is 16.5. The fourth-order valence-corrected chi connectivity index (χ4v) is 4.13. The Kier molecular flexibility index (Phi) is 5.77. The zero-order valence-corrected chi connectivity index (χ0v) is 15.0.